The van der Waals surface area contributed by atoms with Gasteiger partial charge in [-0.1, -0.05) is 66.7 Å². The molecule has 1 N–H and O–H groups in total. The lowest BCUT2D eigenvalue weighted by Crippen LogP contribution is -3.00. The Morgan fingerprint density at radius 1 is 0.724 bits per heavy atom. The maximum atomic E-state index is 10.7. The molecule has 0 fully saturated rings. The molecule has 0 aliphatic heterocycles. The molecule has 3 rings (SSSR count). The maximum Gasteiger partial charge on any atom is 0.303 e. The molecule has 150 valence electrons. The first kappa shape index (κ1) is 23.1. The molecule has 0 saturated heterocycles. The SMILES string of the molecule is O=C(O)CCC/C=C/C[P+](c1ccccc1)(c1ccccc1)c1ccccc1.[Br-]. The highest BCUT2D eigenvalue weighted by molar-refractivity contribution is 7.95. The maximum absolute atomic E-state index is 10.7. The van der Waals surface area contributed by atoms with Gasteiger partial charge >= 0.3 is 5.97 Å². The fourth-order valence-electron chi connectivity index (χ4n) is 3.53. The molecule has 0 aliphatic carbocycles. The molecular formula is C25H26BrO2P. The van der Waals surface area contributed by atoms with Crippen LogP contribution in [0.4, 0.5) is 0 Å². The molecule has 0 spiro atoms. The minimum Gasteiger partial charge on any atom is -1.00 e. The highest BCUT2D eigenvalue weighted by Gasteiger charge is 2.43. The molecule has 0 atom stereocenters. The lowest BCUT2D eigenvalue weighted by molar-refractivity contribution is -0.137. The number of carbonyl (C=O) groups is 1. The van der Waals surface area contributed by atoms with Crippen LogP contribution in [0.15, 0.2) is 103 Å². The molecular weight excluding hydrogens is 443 g/mol. The first-order valence-corrected chi connectivity index (χ1v) is 11.6. The van der Waals surface area contributed by atoms with E-state index in [4.69, 9.17) is 5.11 Å². The van der Waals surface area contributed by atoms with Crippen LogP contribution in [-0.2, 0) is 4.79 Å². The predicted molar refractivity (Wildman–Crippen MR) is 121 cm³/mol. The van der Waals surface area contributed by atoms with Crippen molar-refractivity contribution in [3.63, 3.8) is 0 Å². The number of carboxylic acids is 1. The topological polar surface area (TPSA) is 37.3 Å². The number of hydrogen-bond acceptors (Lipinski definition) is 1. The van der Waals surface area contributed by atoms with Crippen molar-refractivity contribution >= 4 is 29.1 Å². The van der Waals surface area contributed by atoms with Crippen LogP contribution in [0, 0.1) is 0 Å². The molecule has 0 heterocycles. The standard InChI is InChI=1S/C25H25O2P.BrH/c26-25(27)20-12-1-2-13-21-28(22-14-6-3-7-15-22,23-16-8-4-9-17-23)24-18-10-5-11-19-24;/h2-11,13-19H,1,12,20-21H2;1H/b13-2+;. The van der Waals surface area contributed by atoms with Gasteiger partial charge in [0.05, 0.1) is 6.16 Å². The third-order valence-corrected chi connectivity index (χ3v) is 9.20. The summed E-state index contributed by atoms with van der Waals surface area (Å²) in [5.74, 6) is -0.729. The minimum absolute atomic E-state index is 0. The van der Waals surface area contributed by atoms with E-state index in [-0.39, 0.29) is 23.4 Å². The quantitative estimate of drug-likeness (QED) is 0.295. The van der Waals surface area contributed by atoms with Gasteiger partial charge in [-0.15, -0.1) is 0 Å². The molecule has 0 aromatic heterocycles. The normalized spacial score (nSPS) is 11.2. The second-order valence-electron chi connectivity index (χ2n) is 6.76. The van der Waals surface area contributed by atoms with E-state index in [0.29, 0.717) is 6.42 Å². The van der Waals surface area contributed by atoms with Gasteiger partial charge in [0.25, 0.3) is 0 Å². The zero-order chi connectivity index (χ0) is 19.7. The van der Waals surface area contributed by atoms with Crippen LogP contribution in [0.1, 0.15) is 19.3 Å². The van der Waals surface area contributed by atoms with Crippen molar-refractivity contribution in [1.29, 1.82) is 0 Å². The van der Waals surface area contributed by atoms with E-state index in [9.17, 15) is 4.79 Å². The lowest BCUT2D eigenvalue weighted by Gasteiger charge is -2.26. The molecule has 2 nitrogen and oxygen atoms in total. The highest BCUT2D eigenvalue weighted by Crippen LogP contribution is 2.55. The van der Waals surface area contributed by atoms with E-state index in [1.165, 1.54) is 15.9 Å². The average Bonchev–Trinajstić information content (AvgIpc) is 2.75. The minimum atomic E-state index is -1.82. The highest BCUT2D eigenvalue weighted by atomic mass is 79.9. The Bertz CT molecular complexity index is 799. The summed E-state index contributed by atoms with van der Waals surface area (Å²) in [5.41, 5.74) is 0. The van der Waals surface area contributed by atoms with E-state index in [1.54, 1.807) is 0 Å². The van der Waals surface area contributed by atoms with Gasteiger partial charge < -0.3 is 22.1 Å². The molecule has 0 aliphatic rings. The Balaban J connectivity index is 0.00000300. The third-order valence-electron chi connectivity index (χ3n) is 4.90. The first-order valence-electron chi connectivity index (χ1n) is 9.65. The number of rotatable bonds is 9. The summed E-state index contributed by atoms with van der Waals surface area (Å²) in [6.45, 7) is 0. The van der Waals surface area contributed by atoms with Gasteiger partial charge in [-0.3, -0.25) is 4.79 Å². The van der Waals surface area contributed by atoms with Crippen molar-refractivity contribution in [2.75, 3.05) is 6.16 Å². The largest absolute Gasteiger partial charge is 1.00 e. The lowest BCUT2D eigenvalue weighted by atomic mass is 10.2. The number of carboxylic acid groups (broad SMARTS) is 1. The van der Waals surface area contributed by atoms with Crippen LogP contribution >= 0.6 is 7.26 Å². The summed E-state index contributed by atoms with van der Waals surface area (Å²) in [6.07, 6.45) is 7.03. The number of allylic oxidation sites excluding steroid dienone is 2. The summed E-state index contributed by atoms with van der Waals surface area (Å²) in [5, 5.41) is 12.9. The van der Waals surface area contributed by atoms with Gasteiger partial charge in [-0.05, 0) is 49.2 Å². The zero-order valence-corrected chi connectivity index (χ0v) is 18.8. The molecule has 0 saturated carbocycles. The summed E-state index contributed by atoms with van der Waals surface area (Å²) in [6, 6.07) is 32.4. The Kier molecular flexibility index (Phi) is 9.31. The Labute approximate surface area is 184 Å². The monoisotopic (exact) mass is 468 g/mol. The molecule has 0 radical (unpaired) electrons. The summed E-state index contributed by atoms with van der Waals surface area (Å²) in [7, 11) is -1.82. The third kappa shape index (κ3) is 5.88. The van der Waals surface area contributed by atoms with Crippen molar-refractivity contribution in [3.05, 3.63) is 103 Å². The predicted octanol–water partition coefficient (Wildman–Crippen LogP) is 1.80. The Morgan fingerprint density at radius 2 is 1.14 bits per heavy atom. The number of aliphatic carboxylic acids is 1. The van der Waals surface area contributed by atoms with Crippen LogP contribution in [0.5, 0.6) is 0 Å². The van der Waals surface area contributed by atoms with Gasteiger partial charge in [0.1, 0.15) is 23.2 Å². The van der Waals surface area contributed by atoms with Crippen molar-refractivity contribution in [3.8, 4) is 0 Å². The molecule has 3 aromatic carbocycles. The second-order valence-corrected chi connectivity index (χ2v) is 10.3. The molecule has 0 amide bonds. The van der Waals surface area contributed by atoms with Crippen molar-refractivity contribution in [2.45, 2.75) is 19.3 Å². The number of hydrogen-bond donors (Lipinski definition) is 1. The van der Waals surface area contributed by atoms with Gasteiger partial charge in [0.15, 0.2) is 0 Å². The number of benzene rings is 3. The van der Waals surface area contributed by atoms with E-state index >= 15 is 0 Å². The average molecular weight is 469 g/mol. The number of halogens is 1. The van der Waals surface area contributed by atoms with Crippen molar-refractivity contribution in [2.24, 2.45) is 0 Å². The van der Waals surface area contributed by atoms with Crippen molar-refractivity contribution in [1.82, 2.24) is 0 Å². The zero-order valence-electron chi connectivity index (χ0n) is 16.3. The summed E-state index contributed by atoms with van der Waals surface area (Å²) in [4.78, 5) is 10.7. The van der Waals surface area contributed by atoms with Crippen LogP contribution in [-0.4, -0.2) is 17.2 Å². The van der Waals surface area contributed by atoms with Crippen LogP contribution < -0.4 is 32.9 Å². The molecule has 4 heteroatoms. The van der Waals surface area contributed by atoms with Crippen LogP contribution in [0.3, 0.4) is 0 Å². The smallest absolute Gasteiger partial charge is 0.303 e. The fourth-order valence-corrected chi connectivity index (χ4v) is 7.57. The van der Waals surface area contributed by atoms with E-state index in [1.807, 2.05) is 0 Å². The van der Waals surface area contributed by atoms with Gasteiger partial charge in [-0.2, -0.15) is 0 Å². The molecule has 3 aromatic rings. The summed E-state index contributed by atoms with van der Waals surface area (Å²) < 4.78 is 0. The van der Waals surface area contributed by atoms with Gasteiger partial charge in [0, 0.05) is 6.42 Å². The van der Waals surface area contributed by atoms with E-state index in [0.717, 1.165) is 12.6 Å². The van der Waals surface area contributed by atoms with Gasteiger partial charge in [0.2, 0.25) is 0 Å². The first-order chi connectivity index (χ1) is 13.7. The van der Waals surface area contributed by atoms with Crippen LogP contribution in [0.2, 0.25) is 0 Å². The fraction of sp³-hybridized carbons (Fsp3) is 0.160. The second kappa shape index (κ2) is 11.7. The van der Waals surface area contributed by atoms with Gasteiger partial charge in [-0.25, -0.2) is 0 Å². The van der Waals surface area contributed by atoms with Crippen molar-refractivity contribution < 1.29 is 26.9 Å². The van der Waals surface area contributed by atoms with E-state index in [2.05, 4.69) is 103 Å². The summed E-state index contributed by atoms with van der Waals surface area (Å²) >= 11 is 0. The molecule has 0 unspecified atom stereocenters. The Morgan fingerprint density at radius 3 is 1.52 bits per heavy atom. The molecule has 0 bridgehead atoms. The number of unbranched alkanes of at least 4 members (excludes halogenated alkanes) is 1. The van der Waals surface area contributed by atoms with E-state index < -0.39 is 13.2 Å². The molecule has 29 heavy (non-hydrogen) atoms. The van der Waals surface area contributed by atoms with Crippen LogP contribution in [0.25, 0.3) is 0 Å². The Hall–Kier alpha value is -2.22.